The summed E-state index contributed by atoms with van der Waals surface area (Å²) in [6.07, 6.45) is -7.22. The van der Waals surface area contributed by atoms with Gasteiger partial charge in [-0.2, -0.15) is 4.57 Å². The minimum absolute atomic E-state index is 0.00122. The van der Waals surface area contributed by atoms with E-state index in [1.807, 2.05) is 30.3 Å². The first-order chi connectivity index (χ1) is 32.4. The molecule has 1 heterocycles. The summed E-state index contributed by atoms with van der Waals surface area (Å²) in [5.41, 5.74) is -12.8. The van der Waals surface area contributed by atoms with E-state index in [1.54, 1.807) is 41.0 Å². The van der Waals surface area contributed by atoms with Crippen LogP contribution in [0.4, 0.5) is 87.8 Å². The fourth-order valence-electron chi connectivity index (χ4n) is 7.48. The number of esters is 1. The summed E-state index contributed by atoms with van der Waals surface area (Å²) in [6.45, 7) is -0.709. The number of aliphatic hydroxyl groups excluding tert-OH is 1. The molecular weight excluding hydrogens is 985 g/mol. The molecule has 0 unspecified atom stereocenters. The Morgan fingerprint density at radius 1 is 0.406 bits per heavy atom. The first-order valence-corrected chi connectivity index (χ1v) is 18.4. The number of hydrogen-bond acceptors (Lipinski definition) is 4. The number of fused-ring (bicyclic) bond motifs is 1. The van der Waals surface area contributed by atoms with Gasteiger partial charge in [0, 0.05) is 23.1 Å². The van der Waals surface area contributed by atoms with Crippen LogP contribution in [-0.2, 0) is 11.3 Å². The van der Waals surface area contributed by atoms with E-state index < -0.39 is 157 Å². The van der Waals surface area contributed by atoms with Crippen LogP contribution in [0.3, 0.4) is 0 Å². The second-order valence-corrected chi connectivity index (χ2v) is 14.0. The van der Waals surface area contributed by atoms with Crippen LogP contribution in [0.15, 0.2) is 66.7 Å². The van der Waals surface area contributed by atoms with Crippen molar-refractivity contribution < 1.29 is 112 Å². The Hall–Kier alpha value is -7.51. The van der Waals surface area contributed by atoms with Gasteiger partial charge in [0.25, 0.3) is 5.69 Å². The van der Waals surface area contributed by atoms with Crippen LogP contribution in [0.25, 0.3) is 10.9 Å². The molecule has 26 heteroatoms. The zero-order valence-corrected chi connectivity index (χ0v) is 33.0. The second-order valence-electron chi connectivity index (χ2n) is 14.0. The summed E-state index contributed by atoms with van der Waals surface area (Å²) in [5.74, 6) is -72.2. The van der Waals surface area contributed by atoms with Crippen LogP contribution in [0.5, 0.6) is 0 Å². The van der Waals surface area contributed by atoms with E-state index in [0.717, 1.165) is 10.9 Å². The zero-order valence-electron chi connectivity index (χ0n) is 33.0. The van der Waals surface area contributed by atoms with E-state index in [-0.39, 0.29) is 18.0 Å². The van der Waals surface area contributed by atoms with Crippen molar-refractivity contribution >= 4 is 50.7 Å². The number of halogens is 20. The number of pyridine rings is 1. The van der Waals surface area contributed by atoms with Crippen LogP contribution in [0.2, 0.25) is 0 Å². The molecule has 1 aromatic heterocycles. The van der Waals surface area contributed by atoms with E-state index in [0.29, 0.717) is 5.56 Å². The Morgan fingerprint density at radius 3 is 1.04 bits per heavy atom. The molecule has 0 aliphatic heterocycles. The van der Waals surface area contributed by atoms with Crippen LogP contribution in [0.1, 0.15) is 20.8 Å². The first-order valence-electron chi connectivity index (χ1n) is 18.4. The van der Waals surface area contributed by atoms with Gasteiger partial charge in [-0.3, -0.25) is 4.79 Å². The maximum Gasteiger partial charge on any atom is 0.405 e. The molecule has 7 rings (SSSR count). The van der Waals surface area contributed by atoms with Gasteiger partial charge in [-0.05, 0) is 12.1 Å². The zero-order chi connectivity index (χ0) is 51.3. The lowest BCUT2D eigenvalue weighted by atomic mass is 9.12. The highest BCUT2D eigenvalue weighted by Gasteiger charge is 2.52. The highest BCUT2D eigenvalue weighted by molar-refractivity contribution is 7.20. The highest BCUT2D eigenvalue weighted by atomic mass is 19.2. The van der Waals surface area contributed by atoms with Gasteiger partial charge in [0.1, 0.15) is 52.7 Å². The standard InChI is InChI=1S/C24BF20.C19H16NO4/c26-5-1(6(27)14(35)21(42)13(5)34)25(2-7(28)15(36)22(43)16(37)8(2)29,3-9(30)17(38)23(44)18(39)10(3)31)4-11(32)19(40)24(45)20(41)12(4)33;21-13-24-19(23)17-11-10-14-6-4-5-9-16(14)20(17)12-18(22)15-7-2-1-3-8-15/h;1-11,21H,12-13H2/q-1;+1. The summed E-state index contributed by atoms with van der Waals surface area (Å²) in [4.78, 5) is 24.7. The van der Waals surface area contributed by atoms with Crippen molar-refractivity contribution in [3.8, 4) is 0 Å². The number of aromatic nitrogens is 1. The predicted octanol–water partition coefficient (Wildman–Crippen LogP) is 7.96. The predicted molar refractivity (Wildman–Crippen MR) is 197 cm³/mol. The van der Waals surface area contributed by atoms with E-state index in [2.05, 4.69) is 4.74 Å². The van der Waals surface area contributed by atoms with Gasteiger partial charge in [-0.25, -0.2) is 92.6 Å². The number of benzene rings is 6. The maximum atomic E-state index is 15.4. The van der Waals surface area contributed by atoms with Crippen LogP contribution >= 0.6 is 0 Å². The monoisotopic (exact) mass is 1000 g/mol. The number of rotatable bonds is 9. The van der Waals surface area contributed by atoms with Gasteiger partial charge in [-0.15, -0.1) is 21.9 Å². The Morgan fingerprint density at radius 2 is 0.710 bits per heavy atom. The minimum Gasteiger partial charge on any atom is -0.431 e. The topological polar surface area (TPSA) is 67.5 Å². The maximum absolute atomic E-state index is 15.4. The fraction of sp³-hybridized carbons (Fsp3) is 0.0465. The number of ketones is 1. The molecule has 0 fully saturated rings. The molecule has 1 N–H and O–H groups in total. The molecule has 0 aliphatic carbocycles. The summed E-state index contributed by atoms with van der Waals surface area (Å²) in [7, 11) is 0. The van der Waals surface area contributed by atoms with E-state index >= 15 is 35.1 Å². The summed E-state index contributed by atoms with van der Waals surface area (Å²) in [6, 6.07) is 19.7. The van der Waals surface area contributed by atoms with E-state index in [1.165, 1.54) is 0 Å². The Balaban J connectivity index is 0.000000273. The summed E-state index contributed by atoms with van der Waals surface area (Å²) in [5, 5.41) is 9.74. The third-order valence-corrected chi connectivity index (χ3v) is 10.4. The SMILES string of the molecule is Fc1c(F)c(F)c([B-](c2c(F)c(F)c(F)c(F)c2F)(c2c(F)c(F)c(F)c(F)c2F)c2c(F)c(F)c(F)c(F)c2F)c(F)c1F.O=C(C[n+]1c(C(=O)OCO)ccc2ccccc21)c1ccccc1. The molecule has 0 atom stereocenters. The van der Waals surface area contributed by atoms with E-state index in [4.69, 9.17) is 5.11 Å². The molecule has 69 heavy (non-hydrogen) atoms. The largest absolute Gasteiger partial charge is 0.431 e. The van der Waals surface area contributed by atoms with Crippen molar-refractivity contribution in [3.63, 3.8) is 0 Å². The van der Waals surface area contributed by atoms with Crippen molar-refractivity contribution in [1.29, 1.82) is 0 Å². The number of para-hydroxylation sites is 1. The normalized spacial score (nSPS) is 11.5. The molecule has 0 amide bonds. The van der Waals surface area contributed by atoms with Crippen molar-refractivity contribution in [3.05, 3.63) is 194 Å². The molecule has 0 saturated carbocycles. The number of Topliss-reactive ketones (excluding diaryl/α,β-unsaturated/α-hetero) is 1. The van der Waals surface area contributed by atoms with Gasteiger partial charge in [0.05, 0.1) is 0 Å². The Bertz CT molecular complexity index is 2880. The fourth-order valence-corrected chi connectivity index (χ4v) is 7.48. The van der Waals surface area contributed by atoms with Gasteiger partial charge in [0.15, 0.2) is 76.6 Å². The minimum atomic E-state index is -7.22. The molecular formula is C43H16BF20NO4. The first kappa shape index (κ1) is 50.9. The van der Waals surface area contributed by atoms with Gasteiger partial charge in [-0.1, -0.05) is 42.5 Å². The highest BCUT2D eigenvalue weighted by Crippen LogP contribution is 2.31. The quantitative estimate of drug-likeness (QED) is 0.0233. The van der Waals surface area contributed by atoms with Crippen molar-refractivity contribution in [1.82, 2.24) is 0 Å². The molecule has 7 aromatic rings. The van der Waals surface area contributed by atoms with Crippen LogP contribution in [0, 0.1) is 116 Å². The van der Waals surface area contributed by atoms with Crippen molar-refractivity contribution in [2.24, 2.45) is 0 Å². The molecule has 0 aliphatic rings. The molecule has 0 saturated heterocycles. The molecule has 5 nitrogen and oxygen atoms in total. The Labute approximate surface area is 369 Å². The van der Waals surface area contributed by atoms with Crippen molar-refractivity contribution in [2.45, 2.75) is 6.54 Å². The number of nitrogens with zero attached hydrogens (tertiary/aromatic N) is 1. The lowest BCUT2D eigenvalue weighted by Gasteiger charge is -2.44. The number of ether oxygens (including phenoxy) is 1. The molecule has 6 aromatic carbocycles. The number of aliphatic hydroxyl groups is 1. The summed E-state index contributed by atoms with van der Waals surface area (Å²) < 4.78 is 300. The average Bonchev–Trinajstić information content (AvgIpc) is 3.34. The average molecular weight is 1000 g/mol. The summed E-state index contributed by atoms with van der Waals surface area (Å²) >= 11 is 0. The molecule has 0 bridgehead atoms. The van der Waals surface area contributed by atoms with Crippen LogP contribution in [-0.4, -0.2) is 29.8 Å². The number of carbonyl (C=O) groups excluding carboxylic acids is 2. The third-order valence-electron chi connectivity index (χ3n) is 10.4. The van der Waals surface area contributed by atoms with Gasteiger partial charge >= 0.3 is 5.97 Å². The van der Waals surface area contributed by atoms with E-state index in [9.17, 15) is 62.3 Å². The molecule has 0 spiro atoms. The number of hydrogen-bond donors (Lipinski definition) is 1. The Kier molecular flexibility index (Phi) is 14.2. The lowest BCUT2D eigenvalue weighted by molar-refractivity contribution is -0.659. The number of carbonyl (C=O) groups is 2. The van der Waals surface area contributed by atoms with Gasteiger partial charge < -0.3 is 9.84 Å². The second kappa shape index (κ2) is 19.2. The lowest BCUT2D eigenvalue weighted by Crippen LogP contribution is -2.81. The van der Waals surface area contributed by atoms with Crippen LogP contribution < -0.4 is 26.4 Å². The third kappa shape index (κ3) is 8.14. The van der Waals surface area contributed by atoms with Gasteiger partial charge in [0.2, 0.25) is 17.8 Å². The van der Waals surface area contributed by atoms with Crippen molar-refractivity contribution in [2.75, 3.05) is 6.79 Å². The smallest absolute Gasteiger partial charge is 0.405 e. The molecule has 0 radical (unpaired) electrons. The molecule has 360 valence electrons.